The van der Waals surface area contributed by atoms with Crippen molar-refractivity contribution in [3.05, 3.63) is 53.1 Å². The van der Waals surface area contributed by atoms with Gasteiger partial charge in [-0.05, 0) is 19.8 Å². The molecule has 1 unspecified atom stereocenters. The summed E-state index contributed by atoms with van der Waals surface area (Å²) in [5, 5.41) is 15.8. The smallest absolute Gasteiger partial charge is 0.291 e. The van der Waals surface area contributed by atoms with Crippen LogP contribution in [0.25, 0.3) is 11.3 Å². The highest BCUT2D eigenvalue weighted by Crippen LogP contribution is 2.40. The first-order chi connectivity index (χ1) is 16.9. The third kappa shape index (κ3) is 4.66. The molecular weight excluding hydrogens is 458 g/mol. The van der Waals surface area contributed by atoms with Gasteiger partial charge in [0, 0.05) is 31.1 Å². The minimum atomic E-state index is -0.454. The van der Waals surface area contributed by atoms with E-state index in [0.717, 1.165) is 42.1 Å². The molecule has 1 aliphatic rings. The van der Waals surface area contributed by atoms with Crippen molar-refractivity contribution in [3.8, 4) is 17.3 Å². The van der Waals surface area contributed by atoms with Crippen LogP contribution in [0.3, 0.4) is 0 Å². The largest absolute Gasteiger partial charge is 0.354 e. The molecule has 0 radical (unpaired) electrons. The van der Waals surface area contributed by atoms with Crippen LogP contribution in [0.4, 0.5) is 10.1 Å². The average molecular weight is 488 g/mol. The SMILES string of the molecule is CCCCC(CC)c1nc2n(n1)C(=O)C(C#N)=C(C)/C2=N\c1sc(N(C)C)nc1-c1ccccc1. The van der Waals surface area contributed by atoms with Crippen molar-refractivity contribution < 1.29 is 4.79 Å². The van der Waals surface area contributed by atoms with Crippen molar-refractivity contribution in [2.75, 3.05) is 19.0 Å². The Balaban J connectivity index is 1.90. The Morgan fingerprint density at radius 3 is 2.57 bits per heavy atom. The quantitative estimate of drug-likeness (QED) is 0.400. The summed E-state index contributed by atoms with van der Waals surface area (Å²) < 4.78 is 1.25. The zero-order valence-corrected chi connectivity index (χ0v) is 21.6. The van der Waals surface area contributed by atoms with Gasteiger partial charge in [0.2, 0.25) is 0 Å². The molecule has 2 aromatic heterocycles. The van der Waals surface area contributed by atoms with E-state index in [1.165, 1.54) is 16.0 Å². The number of rotatable bonds is 8. The molecule has 3 aromatic rings. The van der Waals surface area contributed by atoms with Crippen LogP contribution in [0.15, 0.2) is 46.5 Å². The second-order valence-electron chi connectivity index (χ2n) is 8.74. The van der Waals surface area contributed by atoms with Crippen LogP contribution in [0.2, 0.25) is 0 Å². The second kappa shape index (κ2) is 10.3. The molecule has 0 spiro atoms. The fourth-order valence-electron chi connectivity index (χ4n) is 4.03. The van der Waals surface area contributed by atoms with Gasteiger partial charge in [0.1, 0.15) is 28.0 Å². The zero-order chi connectivity index (χ0) is 25.1. The van der Waals surface area contributed by atoms with E-state index >= 15 is 0 Å². The van der Waals surface area contributed by atoms with Gasteiger partial charge in [-0.3, -0.25) is 4.79 Å². The Morgan fingerprint density at radius 2 is 1.94 bits per heavy atom. The lowest BCUT2D eigenvalue weighted by atomic mass is 9.98. The standard InChI is InChI=1S/C26H29N7OS/c1-6-8-12-17(7-2)22-30-23-20(16(3)19(15-27)25(34)33(23)31-22)28-24-21(18-13-10-9-11-14-18)29-26(35-24)32(4)5/h9-11,13-14,17H,6-8,12H2,1-5H3/b28-20+. The van der Waals surface area contributed by atoms with Gasteiger partial charge in [0.15, 0.2) is 16.8 Å². The van der Waals surface area contributed by atoms with Crippen molar-refractivity contribution in [2.45, 2.75) is 52.4 Å². The highest BCUT2D eigenvalue weighted by atomic mass is 32.1. The average Bonchev–Trinajstić information content (AvgIpc) is 3.49. The molecule has 1 aliphatic heterocycles. The van der Waals surface area contributed by atoms with Gasteiger partial charge in [-0.15, -0.1) is 5.10 Å². The third-order valence-electron chi connectivity index (χ3n) is 6.09. The number of aromatic nitrogens is 4. The highest BCUT2D eigenvalue weighted by molar-refractivity contribution is 7.19. The number of nitriles is 1. The summed E-state index contributed by atoms with van der Waals surface area (Å²) in [5.74, 6) is 0.710. The second-order valence-corrected chi connectivity index (χ2v) is 9.70. The Morgan fingerprint density at radius 1 is 1.20 bits per heavy atom. The summed E-state index contributed by atoms with van der Waals surface area (Å²) in [6.07, 6.45) is 3.97. The number of nitrogens with zero attached hydrogens (tertiary/aromatic N) is 7. The van der Waals surface area contributed by atoms with Gasteiger partial charge in [-0.25, -0.2) is 15.0 Å². The van der Waals surface area contributed by atoms with E-state index < -0.39 is 5.91 Å². The predicted molar refractivity (Wildman–Crippen MR) is 140 cm³/mol. The molecule has 3 heterocycles. The number of fused-ring (bicyclic) bond motifs is 1. The van der Waals surface area contributed by atoms with E-state index in [2.05, 4.69) is 25.0 Å². The number of carbonyl (C=O) groups is 1. The summed E-state index contributed by atoms with van der Waals surface area (Å²) in [7, 11) is 3.87. The molecule has 9 heteroatoms. The maximum Gasteiger partial charge on any atom is 0.291 e. The van der Waals surface area contributed by atoms with E-state index in [9.17, 15) is 10.1 Å². The van der Waals surface area contributed by atoms with Crippen LogP contribution in [-0.2, 0) is 0 Å². The fourth-order valence-corrected chi connectivity index (χ4v) is 4.92. The normalized spacial score (nSPS) is 15.3. The van der Waals surface area contributed by atoms with E-state index in [1.54, 1.807) is 6.92 Å². The monoisotopic (exact) mass is 487 g/mol. The molecule has 1 atom stereocenters. The topological polar surface area (TPSA) is 100 Å². The maximum absolute atomic E-state index is 13.1. The van der Waals surface area contributed by atoms with E-state index in [1.807, 2.05) is 49.3 Å². The number of unbranched alkanes of at least 4 members (excludes halogenated alkanes) is 1. The van der Waals surface area contributed by atoms with Crippen LogP contribution in [-0.4, -0.2) is 45.5 Å². The number of benzene rings is 1. The van der Waals surface area contributed by atoms with E-state index in [4.69, 9.17) is 15.0 Å². The van der Waals surface area contributed by atoms with E-state index in [-0.39, 0.29) is 11.5 Å². The van der Waals surface area contributed by atoms with Crippen molar-refractivity contribution in [1.82, 2.24) is 19.7 Å². The van der Waals surface area contributed by atoms with Crippen LogP contribution < -0.4 is 4.90 Å². The molecule has 0 aliphatic carbocycles. The van der Waals surface area contributed by atoms with Gasteiger partial charge >= 0.3 is 0 Å². The summed E-state index contributed by atoms with van der Waals surface area (Å²) in [5.41, 5.74) is 2.71. The maximum atomic E-state index is 13.1. The lowest BCUT2D eigenvalue weighted by molar-refractivity contribution is 0.0941. The van der Waals surface area contributed by atoms with Gasteiger partial charge < -0.3 is 4.90 Å². The van der Waals surface area contributed by atoms with Crippen LogP contribution in [0.5, 0.6) is 0 Å². The number of carbonyl (C=O) groups excluding carboxylic acids is 1. The highest BCUT2D eigenvalue weighted by Gasteiger charge is 2.33. The number of hydrogen-bond acceptors (Lipinski definition) is 8. The summed E-state index contributed by atoms with van der Waals surface area (Å²) in [4.78, 5) is 29.6. The Kier molecular flexibility index (Phi) is 7.22. The number of anilines is 1. The molecule has 0 amide bonds. The molecule has 180 valence electrons. The first-order valence-corrected chi connectivity index (χ1v) is 12.7. The third-order valence-corrected chi connectivity index (χ3v) is 7.21. The molecule has 4 rings (SSSR count). The molecular formula is C26H29N7OS. The van der Waals surface area contributed by atoms with Gasteiger partial charge in [0.25, 0.3) is 5.91 Å². The zero-order valence-electron chi connectivity index (χ0n) is 20.7. The van der Waals surface area contributed by atoms with Crippen molar-refractivity contribution in [3.63, 3.8) is 0 Å². The number of aliphatic imine (C=N–C) groups is 1. The lowest BCUT2D eigenvalue weighted by Gasteiger charge is -2.14. The van der Waals surface area contributed by atoms with Crippen molar-refractivity contribution in [2.24, 2.45) is 4.99 Å². The Bertz CT molecular complexity index is 1340. The predicted octanol–water partition coefficient (Wildman–Crippen LogP) is 5.77. The molecule has 35 heavy (non-hydrogen) atoms. The first kappa shape index (κ1) is 24.5. The van der Waals surface area contributed by atoms with Crippen LogP contribution >= 0.6 is 11.3 Å². The summed E-state index contributed by atoms with van der Waals surface area (Å²) >= 11 is 1.45. The van der Waals surface area contributed by atoms with Gasteiger partial charge in [-0.2, -0.15) is 9.94 Å². The van der Waals surface area contributed by atoms with Gasteiger partial charge in [0.05, 0.1) is 0 Å². The molecule has 0 N–H and O–H groups in total. The first-order valence-electron chi connectivity index (χ1n) is 11.8. The number of hydrogen-bond donors (Lipinski definition) is 0. The minimum absolute atomic E-state index is 0.0351. The minimum Gasteiger partial charge on any atom is -0.354 e. The molecule has 8 nitrogen and oxygen atoms in total. The van der Waals surface area contributed by atoms with Crippen LogP contribution in [0.1, 0.15) is 68.8 Å². The van der Waals surface area contributed by atoms with Crippen LogP contribution in [0, 0.1) is 11.3 Å². The van der Waals surface area contributed by atoms with Crippen molar-refractivity contribution in [1.29, 1.82) is 5.26 Å². The fraction of sp³-hybridized carbons (Fsp3) is 0.385. The Labute approximate surface area is 209 Å². The Hall–Kier alpha value is -3.64. The number of allylic oxidation sites excluding steroid dienone is 2. The summed E-state index contributed by atoms with van der Waals surface area (Å²) in [6, 6.07) is 11.9. The summed E-state index contributed by atoms with van der Waals surface area (Å²) in [6.45, 7) is 6.01. The lowest BCUT2D eigenvalue weighted by Crippen LogP contribution is -2.28. The molecule has 0 bridgehead atoms. The number of thiazole rings is 1. The molecule has 0 saturated heterocycles. The molecule has 0 saturated carbocycles. The van der Waals surface area contributed by atoms with Gasteiger partial charge in [-0.1, -0.05) is 68.4 Å². The van der Waals surface area contributed by atoms with E-state index in [0.29, 0.717) is 27.9 Å². The molecule has 0 fully saturated rings. The molecule has 1 aromatic carbocycles. The van der Waals surface area contributed by atoms with Crippen molar-refractivity contribution >= 4 is 33.1 Å².